The van der Waals surface area contributed by atoms with E-state index in [1.165, 1.54) is 0 Å². The molecule has 2 aromatic carbocycles. The van der Waals surface area contributed by atoms with Gasteiger partial charge in [-0.15, -0.1) is 11.3 Å². The number of benzene rings is 2. The number of thiazole rings is 1. The lowest BCUT2D eigenvalue weighted by Gasteiger charge is -2.02. The Morgan fingerprint density at radius 1 is 1.16 bits per heavy atom. The van der Waals surface area contributed by atoms with Crippen LogP contribution in [0.3, 0.4) is 0 Å². The van der Waals surface area contributed by atoms with Gasteiger partial charge in [-0.2, -0.15) is 0 Å². The summed E-state index contributed by atoms with van der Waals surface area (Å²) in [6.07, 6.45) is 0. The summed E-state index contributed by atoms with van der Waals surface area (Å²) in [5.41, 5.74) is 9.96. The van der Waals surface area contributed by atoms with E-state index in [0.717, 1.165) is 37.8 Å². The van der Waals surface area contributed by atoms with Crippen LogP contribution in [0.1, 0.15) is 5.56 Å². The molecule has 0 radical (unpaired) electrons. The number of methoxy groups -OCH3 is 1. The second kappa shape index (κ2) is 4.55. The average Bonchev–Trinajstić information content (AvgIpc) is 2.80. The Morgan fingerprint density at radius 3 is 2.74 bits per heavy atom. The van der Waals surface area contributed by atoms with Gasteiger partial charge in [-0.05, 0) is 42.8 Å². The molecule has 0 aliphatic rings. The van der Waals surface area contributed by atoms with E-state index in [9.17, 15) is 0 Å². The van der Waals surface area contributed by atoms with Crippen LogP contribution in [0, 0.1) is 6.92 Å². The second-order valence-corrected chi connectivity index (χ2v) is 5.47. The van der Waals surface area contributed by atoms with Crippen molar-refractivity contribution in [2.75, 3.05) is 12.8 Å². The molecule has 3 rings (SSSR count). The van der Waals surface area contributed by atoms with Crippen molar-refractivity contribution < 1.29 is 4.74 Å². The van der Waals surface area contributed by atoms with Crippen molar-refractivity contribution in [1.82, 2.24) is 4.98 Å². The highest BCUT2D eigenvalue weighted by molar-refractivity contribution is 7.21. The SMILES string of the molecule is COc1ccc2nc(-c3ccc(C)cc3N)sc2c1. The summed E-state index contributed by atoms with van der Waals surface area (Å²) >= 11 is 1.63. The Kier molecular flexibility index (Phi) is 2.87. The molecule has 1 heterocycles. The molecule has 0 spiro atoms. The summed E-state index contributed by atoms with van der Waals surface area (Å²) < 4.78 is 6.34. The summed E-state index contributed by atoms with van der Waals surface area (Å²) in [7, 11) is 1.67. The van der Waals surface area contributed by atoms with E-state index in [1.807, 2.05) is 37.3 Å². The van der Waals surface area contributed by atoms with Gasteiger partial charge in [0.2, 0.25) is 0 Å². The summed E-state index contributed by atoms with van der Waals surface area (Å²) in [4.78, 5) is 4.63. The lowest BCUT2D eigenvalue weighted by molar-refractivity contribution is 0.415. The van der Waals surface area contributed by atoms with Crippen LogP contribution in [0.5, 0.6) is 5.75 Å². The summed E-state index contributed by atoms with van der Waals surface area (Å²) in [5, 5.41) is 0.945. The fraction of sp³-hybridized carbons (Fsp3) is 0.133. The summed E-state index contributed by atoms with van der Waals surface area (Å²) in [6, 6.07) is 11.9. The van der Waals surface area contributed by atoms with Crippen molar-refractivity contribution in [1.29, 1.82) is 0 Å². The number of aromatic nitrogens is 1. The van der Waals surface area contributed by atoms with Crippen molar-refractivity contribution in [3.8, 4) is 16.3 Å². The minimum atomic E-state index is 0.769. The predicted molar refractivity (Wildman–Crippen MR) is 80.8 cm³/mol. The van der Waals surface area contributed by atoms with Crippen molar-refractivity contribution in [3.63, 3.8) is 0 Å². The van der Waals surface area contributed by atoms with E-state index in [2.05, 4.69) is 11.1 Å². The zero-order valence-corrected chi connectivity index (χ0v) is 11.6. The number of anilines is 1. The molecule has 0 saturated heterocycles. The molecule has 2 N–H and O–H groups in total. The van der Waals surface area contributed by atoms with E-state index in [4.69, 9.17) is 10.5 Å². The molecule has 1 aromatic heterocycles. The molecule has 0 fully saturated rings. The number of nitrogen functional groups attached to an aromatic ring is 1. The van der Waals surface area contributed by atoms with Gasteiger partial charge in [0, 0.05) is 11.3 Å². The number of nitrogens with zero attached hydrogens (tertiary/aromatic N) is 1. The Morgan fingerprint density at radius 2 is 2.00 bits per heavy atom. The van der Waals surface area contributed by atoms with E-state index in [0.29, 0.717) is 0 Å². The van der Waals surface area contributed by atoms with Gasteiger partial charge < -0.3 is 10.5 Å². The van der Waals surface area contributed by atoms with Gasteiger partial charge in [0.1, 0.15) is 10.8 Å². The summed E-state index contributed by atoms with van der Waals surface area (Å²) in [6.45, 7) is 2.03. The third kappa shape index (κ3) is 2.15. The number of fused-ring (bicyclic) bond motifs is 1. The van der Waals surface area contributed by atoms with Gasteiger partial charge in [-0.3, -0.25) is 0 Å². The molecule has 0 aliphatic heterocycles. The van der Waals surface area contributed by atoms with Crippen LogP contribution in [0.4, 0.5) is 5.69 Å². The third-order valence-electron chi connectivity index (χ3n) is 3.03. The standard InChI is InChI=1S/C15H14N2OS/c1-9-3-5-11(12(16)7-9)15-17-13-6-4-10(18-2)8-14(13)19-15/h3-8H,16H2,1-2H3. The molecule has 0 aliphatic carbocycles. The van der Waals surface area contributed by atoms with Crippen LogP contribution in [-0.4, -0.2) is 12.1 Å². The first-order valence-electron chi connectivity index (χ1n) is 5.98. The van der Waals surface area contributed by atoms with Crippen LogP contribution in [0.25, 0.3) is 20.8 Å². The van der Waals surface area contributed by atoms with Crippen molar-refractivity contribution in [3.05, 3.63) is 42.0 Å². The van der Waals surface area contributed by atoms with Crippen molar-refractivity contribution in [2.24, 2.45) is 0 Å². The largest absolute Gasteiger partial charge is 0.497 e. The molecular formula is C15H14N2OS. The molecule has 3 nitrogen and oxygen atoms in total. The monoisotopic (exact) mass is 270 g/mol. The normalized spacial score (nSPS) is 10.8. The fourth-order valence-corrected chi connectivity index (χ4v) is 3.07. The molecule has 0 unspecified atom stereocenters. The van der Waals surface area contributed by atoms with Crippen LogP contribution in [-0.2, 0) is 0 Å². The number of aryl methyl sites for hydroxylation is 1. The maximum Gasteiger partial charge on any atom is 0.126 e. The Balaban J connectivity index is 2.14. The van der Waals surface area contributed by atoms with E-state index in [-0.39, 0.29) is 0 Å². The van der Waals surface area contributed by atoms with Crippen LogP contribution in [0.2, 0.25) is 0 Å². The molecule has 4 heteroatoms. The lowest BCUT2D eigenvalue weighted by Crippen LogP contribution is -1.90. The highest BCUT2D eigenvalue weighted by Gasteiger charge is 2.09. The highest BCUT2D eigenvalue weighted by atomic mass is 32.1. The topological polar surface area (TPSA) is 48.1 Å². The van der Waals surface area contributed by atoms with E-state index >= 15 is 0 Å². The van der Waals surface area contributed by atoms with E-state index in [1.54, 1.807) is 18.4 Å². The number of rotatable bonds is 2. The molecule has 19 heavy (non-hydrogen) atoms. The smallest absolute Gasteiger partial charge is 0.126 e. The lowest BCUT2D eigenvalue weighted by atomic mass is 10.1. The predicted octanol–water partition coefficient (Wildman–Crippen LogP) is 3.86. The van der Waals surface area contributed by atoms with Crippen LogP contribution in [0.15, 0.2) is 36.4 Å². The van der Waals surface area contributed by atoms with Crippen molar-refractivity contribution in [2.45, 2.75) is 6.92 Å². The first-order chi connectivity index (χ1) is 9.17. The molecular weight excluding hydrogens is 256 g/mol. The minimum Gasteiger partial charge on any atom is -0.497 e. The molecule has 3 aromatic rings. The molecule has 0 saturated carbocycles. The minimum absolute atomic E-state index is 0.769. The maximum absolute atomic E-state index is 6.07. The molecule has 96 valence electrons. The molecule has 0 atom stereocenters. The Hall–Kier alpha value is -2.07. The van der Waals surface area contributed by atoms with Crippen LogP contribution < -0.4 is 10.5 Å². The number of ether oxygens (including phenoxy) is 1. The van der Waals surface area contributed by atoms with Gasteiger partial charge >= 0.3 is 0 Å². The van der Waals surface area contributed by atoms with Crippen LogP contribution >= 0.6 is 11.3 Å². The molecule has 0 amide bonds. The highest BCUT2D eigenvalue weighted by Crippen LogP contribution is 2.35. The molecule has 0 bridgehead atoms. The van der Waals surface area contributed by atoms with Gasteiger partial charge in [0.25, 0.3) is 0 Å². The van der Waals surface area contributed by atoms with Gasteiger partial charge in [0.15, 0.2) is 0 Å². The third-order valence-corrected chi connectivity index (χ3v) is 4.08. The zero-order valence-electron chi connectivity index (χ0n) is 10.8. The number of hydrogen-bond donors (Lipinski definition) is 1. The summed E-state index contributed by atoms with van der Waals surface area (Å²) in [5.74, 6) is 0.847. The van der Waals surface area contributed by atoms with Gasteiger partial charge in [-0.25, -0.2) is 4.98 Å². The van der Waals surface area contributed by atoms with E-state index < -0.39 is 0 Å². The number of nitrogens with two attached hydrogens (primary N) is 1. The first kappa shape index (κ1) is 12.0. The average molecular weight is 270 g/mol. The zero-order chi connectivity index (χ0) is 13.4. The fourth-order valence-electron chi connectivity index (χ4n) is 2.02. The maximum atomic E-state index is 6.07. The quantitative estimate of drug-likeness (QED) is 0.719. The van der Waals surface area contributed by atoms with Gasteiger partial charge in [0.05, 0.1) is 17.3 Å². The number of hydrogen-bond acceptors (Lipinski definition) is 4. The first-order valence-corrected chi connectivity index (χ1v) is 6.80. The Bertz CT molecular complexity index is 749. The van der Waals surface area contributed by atoms with Crippen molar-refractivity contribution >= 4 is 27.2 Å². The Labute approximate surface area is 115 Å². The second-order valence-electron chi connectivity index (χ2n) is 4.44. The van der Waals surface area contributed by atoms with Gasteiger partial charge in [-0.1, -0.05) is 6.07 Å².